The molecule has 0 bridgehead atoms. The molecule has 0 atom stereocenters. The van der Waals surface area contributed by atoms with Crippen molar-refractivity contribution in [1.82, 2.24) is 0 Å². The van der Waals surface area contributed by atoms with E-state index < -0.39 is 0 Å². The summed E-state index contributed by atoms with van der Waals surface area (Å²) in [6.45, 7) is 0. The summed E-state index contributed by atoms with van der Waals surface area (Å²) in [5.74, 6) is 1.08. The molecule has 13 heavy (non-hydrogen) atoms. The summed E-state index contributed by atoms with van der Waals surface area (Å²) < 4.78 is 6.21. The van der Waals surface area contributed by atoms with Crippen LogP contribution in [0.1, 0.15) is 22.3 Å². The van der Waals surface area contributed by atoms with Gasteiger partial charge in [-0.1, -0.05) is 0 Å². The molecule has 1 aromatic carbocycles. The highest BCUT2D eigenvalue weighted by molar-refractivity contribution is 14.1. The monoisotopic (exact) mass is 400 g/mol. The second-order valence-electron chi connectivity index (χ2n) is 2.90. The van der Waals surface area contributed by atoms with Gasteiger partial charge in [0.15, 0.2) is 28.8 Å². The Kier molecular flexibility index (Phi) is 2.77. The van der Waals surface area contributed by atoms with E-state index in [2.05, 4.69) is 22.6 Å². The number of rotatable bonds is 1. The van der Waals surface area contributed by atoms with E-state index in [1.165, 1.54) is 0 Å². The fourth-order valence-electron chi connectivity index (χ4n) is 1.59. The molecule has 1 aliphatic carbocycles. The zero-order valence-corrected chi connectivity index (χ0v) is 11.0. The minimum Gasteiger partial charge on any atom is -0.427 e. The number of benzene rings is 1. The van der Waals surface area contributed by atoms with Gasteiger partial charge >= 0.3 is 0 Å². The van der Waals surface area contributed by atoms with Crippen molar-refractivity contribution in [1.29, 1.82) is 0 Å². The van der Waals surface area contributed by atoms with Gasteiger partial charge in [-0.15, -0.1) is 0 Å². The van der Waals surface area contributed by atoms with Crippen molar-refractivity contribution in [3.63, 3.8) is 0 Å². The Morgan fingerprint density at radius 2 is 2.08 bits per heavy atom. The highest BCUT2D eigenvalue weighted by Crippen LogP contribution is 2.34. The molecule has 0 aliphatic heterocycles. The largest absolute Gasteiger partial charge is 0.427 e. The number of ketones is 1. The summed E-state index contributed by atoms with van der Waals surface area (Å²) in [6, 6.07) is 3.85. The predicted octanol–water partition coefficient (Wildman–Crippen LogP) is 3.15. The normalized spacial score (nSPS) is 14.5. The summed E-state index contributed by atoms with van der Waals surface area (Å²) in [7, 11) is 0. The number of carbonyl (C=O) groups excluding carboxylic acids is 1. The van der Waals surface area contributed by atoms with E-state index >= 15 is 0 Å². The van der Waals surface area contributed by atoms with Crippen LogP contribution in [0.5, 0.6) is 5.75 Å². The Morgan fingerprint density at radius 3 is 2.77 bits per heavy atom. The van der Waals surface area contributed by atoms with Crippen molar-refractivity contribution < 1.29 is 7.86 Å². The molecule has 0 unspecified atom stereocenters. The molecule has 2 rings (SSSR count). The Hall–Kier alpha value is 0.150. The molecule has 0 saturated carbocycles. The predicted molar refractivity (Wildman–Crippen MR) is 66.5 cm³/mol. The van der Waals surface area contributed by atoms with E-state index in [1.54, 1.807) is 0 Å². The molecular formula is C9H6I2O2. The molecule has 0 spiro atoms. The maximum absolute atomic E-state index is 11.5. The average Bonchev–Trinajstić information content (AvgIpc) is 2.50. The van der Waals surface area contributed by atoms with Crippen LogP contribution in [0.15, 0.2) is 12.1 Å². The Morgan fingerprint density at radius 1 is 1.31 bits per heavy atom. The molecule has 0 heterocycles. The highest BCUT2D eigenvalue weighted by Gasteiger charge is 2.25. The van der Waals surface area contributed by atoms with Crippen LogP contribution in [0, 0.1) is 3.57 Å². The highest BCUT2D eigenvalue weighted by atomic mass is 127. The second kappa shape index (κ2) is 3.72. The van der Waals surface area contributed by atoms with Crippen LogP contribution in [0.4, 0.5) is 0 Å². The minimum absolute atomic E-state index is 0.245. The molecule has 0 radical (unpaired) electrons. The smallest absolute Gasteiger partial charge is 0.192 e. The molecule has 68 valence electrons. The summed E-state index contributed by atoms with van der Waals surface area (Å²) >= 11 is 4.05. The number of halogens is 2. The lowest BCUT2D eigenvalue weighted by Crippen LogP contribution is -1.95. The lowest BCUT2D eigenvalue weighted by molar-refractivity contribution is 0.0994. The summed E-state index contributed by atoms with van der Waals surface area (Å²) in [6.07, 6.45) is 1.45. The van der Waals surface area contributed by atoms with Crippen LogP contribution in [0.25, 0.3) is 0 Å². The van der Waals surface area contributed by atoms with Gasteiger partial charge in [-0.05, 0) is 41.1 Å². The zero-order valence-electron chi connectivity index (χ0n) is 6.64. The van der Waals surface area contributed by atoms with Gasteiger partial charge in [0.05, 0.1) is 0 Å². The third-order valence-corrected chi connectivity index (χ3v) is 3.56. The van der Waals surface area contributed by atoms with E-state index in [0.717, 1.165) is 26.9 Å². The van der Waals surface area contributed by atoms with Gasteiger partial charge in [-0.2, -0.15) is 0 Å². The van der Waals surface area contributed by atoms with Crippen molar-refractivity contribution >= 4 is 51.4 Å². The lowest BCUT2D eigenvalue weighted by Gasteiger charge is -2.05. The molecular weight excluding hydrogens is 394 g/mol. The number of Topliss-reactive ketones (excluding diaryl/α,β-unsaturated/α-hetero) is 1. The summed E-state index contributed by atoms with van der Waals surface area (Å²) in [5.41, 5.74) is 1.95. The van der Waals surface area contributed by atoms with Crippen molar-refractivity contribution in [2.24, 2.45) is 0 Å². The van der Waals surface area contributed by atoms with Gasteiger partial charge in [0.25, 0.3) is 0 Å². The molecule has 0 saturated heterocycles. The van der Waals surface area contributed by atoms with Crippen molar-refractivity contribution in [3.05, 3.63) is 26.8 Å². The third kappa shape index (κ3) is 1.58. The van der Waals surface area contributed by atoms with Gasteiger partial charge in [-0.25, -0.2) is 0 Å². The summed E-state index contributed by atoms with van der Waals surface area (Å²) in [5, 5.41) is 0. The molecule has 0 N–H and O–H groups in total. The van der Waals surface area contributed by atoms with Crippen LogP contribution in [0.2, 0.25) is 0 Å². The molecule has 2 nitrogen and oxygen atoms in total. The first-order valence-corrected chi connectivity index (χ1v) is 5.83. The van der Waals surface area contributed by atoms with E-state index in [4.69, 9.17) is 3.07 Å². The quantitative estimate of drug-likeness (QED) is 0.678. The van der Waals surface area contributed by atoms with Gasteiger partial charge in [0, 0.05) is 21.1 Å². The van der Waals surface area contributed by atoms with Crippen molar-refractivity contribution in [2.45, 2.75) is 12.8 Å². The SMILES string of the molecule is O=C1CCc2c(OI)ccc(I)c21. The molecule has 1 aromatic rings. The number of carbonyl (C=O) groups is 1. The fraction of sp³-hybridized carbons (Fsp3) is 0.222. The molecule has 4 heteroatoms. The maximum atomic E-state index is 11.5. The Balaban J connectivity index is 2.65. The lowest BCUT2D eigenvalue weighted by atomic mass is 10.1. The van der Waals surface area contributed by atoms with Crippen LogP contribution < -0.4 is 3.07 Å². The van der Waals surface area contributed by atoms with E-state index in [0.29, 0.717) is 6.42 Å². The average molecular weight is 400 g/mol. The topological polar surface area (TPSA) is 26.3 Å². The van der Waals surface area contributed by atoms with Crippen molar-refractivity contribution in [3.8, 4) is 5.75 Å². The van der Waals surface area contributed by atoms with Crippen molar-refractivity contribution in [2.75, 3.05) is 0 Å². The first-order chi connectivity index (χ1) is 6.24. The van der Waals surface area contributed by atoms with Gasteiger partial charge < -0.3 is 3.07 Å². The number of fused-ring (bicyclic) bond motifs is 1. The second-order valence-corrected chi connectivity index (χ2v) is 4.50. The van der Waals surface area contributed by atoms with E-state index in [-0.39, 0.29) is 5.78 Å². The van der Waals surface area contributed by atoms with Crippen LogP contribution in [-0.4, -0.2) is 5.78 Å². The fourth-order valence-corrected chi connectivity index (χ4v) is 2.80. The third-order valence-electron chi connectivity index (χ3n) is 2.18. The minimum atomic E-state index is 0.245. The van der Waals surface area contributed by atoms with E-state index in [9.17, 15) is 4.79 Å². The summed E-state index contributed by atoms with van der Waals surface area (Å²) in [4.78, 5) is 11.5. The zero-order chi connectivity index (χ0) is 9.42. The van der Waals surface area contributed by atoms with Gasteiger partial charge in [0.2, 0.25) is 0 Å². The van der Waals surface area contributed by atoms with Gasteiger partial charge in [-0.3, -0.25) is 4.79 Å². The molecule has 0 aromatic heterocycles. The van der Waals surface area contributed by atoms with Crippen LogP contribution >= 0.6 is 45.6 Å². The molecule has 0 fully saturated rings. The van der Waals surface area contributed by atoms with Crippen LogP contribution in [0.3, 0.4) is 0 Å². The first kappa shape index (κ1) is 9.70. The molecule has 0 amide bonds. The maximum Gasteiger partial charge on any atom is 0.192 e. The van der Waals surface area contributed by atoms with Crippen LogP contribution in [-0.2, 0) is 6.42 Å². The first-order valence-electron chi connectivity index (χ1n) is 3.87. The molecule has 1 aliphatic rings. The Bertz CT molecular complexity index is 374. The number of hydrogen-bond acceptors (Lipinski definition) is 2. The number of hydrogen-bond donors (Lipinski definition) is 0. The standard InChI is InChI=1S/C9H6I2O2/c10-6-2-4-8(13-11)5-1-3-7(12)9(5)6/h2,4H,1,3H2. The van der Waals surface area contributed by atoms with E-state index in [1.807, 2.05) is 35.1 Å². The Labute approximate surface area is 104 Å². The van der Waals surface area contributed by atoms with Gasteiger partial charge in [0.1, 0.15) is 5.75 Å².